The summed E-state index contributed by atoms with van der Waals surface area (Å²) in [5, 5.41) is 2.43. The Kier molecular flexibility index (Phi) is 6.00. The lowest BCUT2D eigenvalue weighted by Gasteiger charge is -2.26. The van der Waals surface area contributed by atoms with Crippen LogP contribution in [0.4, 0.5) is 18.9 Å². The minimum Gasteiger partial charge on any atom is -0.322 e. The quantitative estimate of drug-likeness (QED) is 0.786. The second-order valence-corrected chi connectivity index (χ2v) is 8.88. The zero-order chi connectivity index (χ0) is 21.2. The van der Waals surface area contributed by atoms with Crippen molar-refractivity contribution in [1.29, 1.82) is 0 Å². The molecule has 2 aromatic rings. The van der Waals surface area contributed by atoms with Gasteiger partial charge in [0.05, 0.1) is 16.0 Å². The molecule has 0 bridgehead atoms. The van der Waals surface area contributed by atoms with Crippen LogP contribution >= 0.6 is 0 Å². The molecule has 156 valence electrons. The number of nitrogens with one attached hydrogen (secondary N) is 1. The van der Waals surface area contributed by atoms with E-state index in [9.17, 15) is 26.4 Å². The number of halogens is 3. The summed E-state index contributed by atoms with van der Waals surface area (Å²) in [6.45, 7) is 2.50. The van der Waals surface area contributed by atoms with Crippen LogP contribution in [0.25, 0.3) is 0 Å². The van der Waals surface area contributed by atoms with Crippen molar-refractivity contribution >= 4 is 21.6 Å². The third kappa shape index (κ3) is 4.62. The Morgan fingerprint density at radius 1 is 1.03 bits per heavy atom. The molecule has 1 heterocycles. The third-order valence-electron chi connectivity index (χ3n) is 4.89. The fraction of sp³-hybridized carbons (Fsp3) is 0.350. The number of nitrogens with zero attached hydrogens (tertiary/aromatic N) is 1. The fourth-order valence-corrected chi connectivity index (χ4v) is 4.81. The lowest BCUT2D eigenvalue weighted by Crippen LogP contribution is -2.35. The van der Waals surface area contributed by atoms with Crippen LogP contribution in [-0.2, 0) is 16.2 Å². The Balaban J connectivity index is 1.91. The van der Waals surface area contributed by atoms with Crippen LogP contribution in [0.5, 0.6) is 0 Å². The summed E-state index contributed by atoms with van der Waals surface area (Å²) < 4.78 is 66.7. The molecule has 0 atom stereocenters. The Morgan fingerprint density at radius 2 is 1.69 bits per heavy atom. The number of anilines is 1. The average Bonchev–Trinajstić information content (AvgIpc) is 2.69. The molecule has 1 aliphatic heterocycles. The number of hydrogen-bond donors (Lipinski definition) is 1. The summed E-state index contributed by atoms with van der Waals surface area (Å²) in [4.78, 5) is 12.5. The number of rotatable bonds is 4. The number of alkyl halides is 3. The van der Waals surface area contributed by atoms with Gasteiger partial charge in [0, 0.05) is 18.8 Å². The predicted octanol–water partition coefficient (Wildman–Crippen LogP) is 4.44. The van der Waals surface area contributed by atoms with Crippen molar-refractivity contribution in [2.75, 3.05) is 18.4 Å². The number of hydrogen-bond acceptors (Lipinski definition) is 3. The van der Waals surface area contributed by atoms with Gasteiger partial charge in [0.25, 0.3) is 5.91 Å². The van der Waals surface area contributed by atoms with Gasteiger partial charge < -0.3 is 5.32 Å². The Hall–Kier alpha value is -2.39. The molecule has 9 heteroatoms. The number of carbonyl (C=O) groups is 1. The van der Waals surface area contributed by atoms with E-state index in [-0.39, 0.29) is 10.6 Å². The van der Waals surface area contributed by atoms with E-state index in [1.165, 1.54) is 34.6 Å². The smallest absolute Gasteiger partial charge is 0.322 e. The van der Waals surface area contributed by atoms with Gasteiger partial charge in [-0.05, 0) is 49.6 Å². The standard InChI is InChI=1S/C20H21F3N2O3S/c1-14-9-10-15(29(27,28)25-11-5-2-6-12-25)13-18(14)24-19(26)16-7-3-4-8-17(16)20(21,22)23/h3-4,7-10,13H,2,5-6,11-12H2,1H3,(H,24,26). The van der Waals surface area contributed by atoms with Crippen molar-refractivity contribution in [2.45, 2.75) is 37.3 Å². The Bertz CT molecular complexity index is 1010. The van der Waals surface area contributed by atoms with Crippen molar-refractivity contribution in [3.8, 4) is 0 Å². The number of amides is 1. The zero-order valence-electron chi connectivity index (χ0n) is 15.8. The topological polar surface area (TPSA) is 66.5 Å². The van der Waals surface area contributed by atoms with E-state index >= 15 is 0 Å². The second-order valence-electron chi connectivity index (χ2n) is 6.94. The third-order valence-corrected chi connectivity index (χ3v) is 6.78. The molecule has 0 aliphatic carbocycles. The first-order chi connectivity index (χ1) is 13.6. The van der Waals surface area contributed by atoms with Crippen molar-refractivity contribution in [3.05, 3.63) is 59.2 Å². The summed E-state index contributed by atoms with van der Waals surface area (Å²) in [5.74, 6) is -0.950. The second kappa shape index (κ2) is 8.16. The van der Waals surface area contributed by atoms with Crippen LogP contribution in [0, 0.1) is 6.92 Å². The Morgan fingerprint density at radius 3 is 2.34 bits per heavy atom. The van der Waals surface area contributed by atoms with E-state index in [4.69, 9.17) is 0 Å². The first-order valence-electron chi connectivity index (χ1n) is 9.19. The molecule has 29 heavy (non-hydrogen) atoms. The minimum absolute atomic E-state index is 0.00408. The first-order valence-corrected chi connectivity index (χ1v) is 10.6. The highest BCUT2D eigenvalue weighted by Gasteiger charge is 2.35. The van der Waals surface area contributed by atoms with Crippen LogP contribution in [0.15, 0.2) is 47.4 Å². The predicted molar refractivity (Wildman–Crippen MR) is 103 cm³/mol. The van der Waals surface area contributed by atoms with Crippen LogP contribution in [0.1, 0.15) is 40.7 Å². The van der Waals surface area contributed by atoms with Crippen molar-refractivity contribution < 1.29 is 26.4 Å². The van der Waals surface area contributed by atoms with Crippen LogP contribution in [0.2, 0.25) is 0 Å². The van der Waals surface area contributed by atoms with Gasteiger partial charge in [-0.25, -0.2) is 8.42 Å². The fourth-order valence-electron chi connectivity index (χ4n) is 3.27. The van der Waals surface area contributed by atoms with Crippen molar-refractivity contribution in [1.82, 2.24) is 4.31 Å². The molecule has 5 nitrogen and oxygen atoms in total. The van der Waals surface area contributed by atoms with Crippen molar-refractivity contribution in [2.24, 2.45) is 0 Å². The number of aryl methyl sites for hydroxylation is 1. The molecule has 3 rings (SSSR count). The van der Waals surface area contributed by atoms with Crippen LogP contribution < -0.4 is 5.32 Å². The van der Waals surface area contributed by atoms with Gasteiger partial charge in [-0.1, -0.05) is 24.6 Å². The molecule has 1 saturated heterocycles. The van der Waals surface area contributed by atoms with E-state index in [0.717, 1.165) is 31.4 Å². The molecule has 0 unspecified atom stereocenters. The number of benzene rings is 2. The summed E-state index contributed by atoms with van der Waals surface area (Å²) in [6, 6.07) is 8.74. The van der Waals surface area contributed by atoms with Crippen molar-refractivity contribution in [3.63, 3.8) is 0 Å². The maximum atomic E-state index is 13.2. The number of sulfonamides is 1. The molecule has 1 aliphatic rings. The summed E-state index contributed by atoms with van der Waals surface area (Å²) >= 11 is 0. The maximum absolute atomic E-state index is 13.2. The van der Waals surface area contributed by atoms with E-state index in [2.05, 4.69) is 5.32 Å². The number of carbonyl (C=O) groups excluding carboxylic acids is 1. The molecular formula is C20H21F3N2O3S. The minimum atomic E-state index is -4.68. The molecular weight excluding hydrogens is 405 g/mol. The van der Waals surface area contributed by atoms with E-state index in [1.807, 2.05) is 0 Å². The summed E-state index contributed by atoms with van der Waals surface area (Å²) in [7, 11) is -3.73. The largest absolute Gasteiger partial charge is 0.417 e. The van der Waals surface area contributed by atoms with Gasteiger partial charge in [-0.3, -0.25) is 4.79 Å². The van der Waals surface area contributed by atoms with Gasteiger partial charge in [-0.15, -0.1) is 0 Å². The molecule has 1 N–H and O–H groups in total. The van der Waals surface area contributed by atoms with E-state index in [1.54, 1.807) is 6.92 Å². The normalized spacial score (nSPS) is 15.9. The number of piperidine rings is 1. The molecule has 0 radical (unpaired) electrons. The van der Waals surface area contributed by atoms with Gasteiger partial charge in [0.15, 0.2) is 0 Å². The van der Waals surface area contributed by atoms with E-state index < -0.39 is 33.2 Å². The monoisotopic (exact) mass is 426 g/mol. The van der Waals surface area contributed by atoms with E-state index in [0.29, 0.717) is 18.7 Å². The van der Waals surface area contributed by atoms with Gasteiger partial charge in [-0.2, -0.15) is 17.5 Å². The van der Waals surface area contributed by atoms with Gasteiger partial charge in [0.2, 0.25) is 10.0 Å². The van der Waals surface area contributed by atoms with Crippen LogP contribution in [0.3, 0.4) is 0 Å². The molecule has 1 fully saturated rings. The van der Waals surface area contributed by atoms with Gasteiger partial charge in [0.1, 0.15) is 0 Å². The molecule has 2 aromatic carbocycles. The first kappa shape index (κ1) is 21.3. The lowest BCUT2D eigenvalue weighted by molar-refractivity contribution is -0.137. The highest BCUT2D eigenvalue weighted by molar-refractivity contribution is 7.89. The maximum Gasteiger partial charge on any atom is 0.417 e. The zero-order valence-corrected chi connectivity index (χ0v) is 16.6. The van der Waals surface area contributed by atoms with Crippen LogP contribution in [-0.4, -0.2) is 31.7 Å². The highest BCUT2D eigenvalue weighted by atomic mass is 32.2. The molecule has 1 amide bonds. The lowest BCUT2D eigenvalue weighted by atomic mass is 10.1. The summed E-state index contributed by atoms with van der Waals surface area (Å²) in [6.07, 6.45) is -2.14. The highest BCUT2D eigenvalue weighted by Crippen LogP contribution is 2.32. The molecule has 0 saturated carbocycles. The molecule has 0 spiro atoms. The SMILES string of the molecule is Cc1ccc(S(=O)(=O)N2CCCCC2)cc1NC(=O)c1ccccc1C(F)(F)F. The Labute approximate surface area is 167 Å². The molecule has 0 aromatic heterocycles. The van der Waals surface area contributed by atoms with Gasteiger partial charge >= 0.3 is 6.18 Å². The average molecular weight is 426 g/mol. The summed E-state index contributed by atoms with van der Waals surface area (Å²) in [5.41, 5.74) is -0.874.